The van der Waals surface area contributed by atoms with Crippen molar-refractivity contribution in [2.24, 2.45) is 0 Å². The number of rotatable bonds is 8. The average Bonchev–Trinajstić information content (AvgIpc) is 3.26. The Hall–Kier alpha value is -3.29. The topological polar surface area (TPSA) is 69.0 Å². The number of carbonyl (C=O) groups is 1. The van der Waals surface area contributed by atoms with Gasteiger partial charge in [0.1, 0.15) is 5.75 Å². The van der Waals surface area contributed by atoms with Crippen molar-refractivity contribution in [3.8, 4) is 22.8 Å². The first-order chi connectivity index (χ1) is 15.6. The van der Waals surface area contributed by atoms with Crippen LogP contribution in [0.15, 0.2) is 84.0 Å². The molecule has 0 saturated heterocycles. The smallest absolute Gasteiger partial charge is 0.230 e. The molecule has 1 amide bonds. The standard InChI is InChI=1S/C24H21ClN4O2S/c1-31-21-9-5-6-17(14-21)15-26-22(30)16-32-24-28-27-23(18-10-12-19(25)13-11-18)29(24)20-7-3-2-4-8-20/h2-14H,15-16H2,1H3,(H,26,30). The molecule has 0 atom stereocenters. The van der Waals surface area contributed by atoms with Crippen LogP contribution in [0.2, 0.25) is 5.02 Å². The first-order valence-corrected chi connectivity index (χ1v) is 11.3. The number of methoxy groups -OCH3 is 1. The van der Waals surface area contributed by atoms with Crippen LogP contribution >= 0.6 is 23.4 Å². The van der Waals surface area contributed by atoms with Gasteiger partial charge in [0.05, 0.1) is 12.9 Å². The summed E-state index contributed by atoms with van der Waals surface area (Å²) in [5, 5.41) is 13.0. The summed E-state index contributed by atoms with van der Waals surface area (Å²) in [5.41, 5.74) is 2.78. The largest absolute Gasteiger partial charge is 0.497 e. The second kappa shape index (κ2) is 10.3. The number of thioether (sulfide) groups is 1. The third kappa shape index (κ3) is 5.30. The fourth-order valence-electron chi connectivity index (χ4n) is 3.12. The lowest BCUT2D eigenvalue weighted by atomic mass is 10.2. The number of halogens is 1. The Morgan fingerprint density at radius 1 is 1.03 bits per heavy atom. The average molecular weight is 465 g/mol. The Kier molecular flexibility index (Phi) is 7.09. The van der Waals surface area contributed by atoms with Crippen LogP contribution in [0.4, 0.5) is 0 Å². The highest BCUT2D eigenvalue weighted by Gasteiger charge is 2.17. The summed E-state index contributed by atoms with van der Waals surface area (Å²) in [6.07, 6.45) is 0. The van der Waals surface area contributed by atoms with Gasteiger partial charge in [-0.2, -0.15) is 0 Å². The number of benzene rings is 3. The molecule has 0 saturated carbocycles. The van der Waals surface area contributed by atoms with Crippen molar-refractivity contribution in [1.82, 2.24) is 20.1 Å². The van der Waals surface area contributed by atoms with Gasteiger partial charge in [0, 0.05) is 22.8 Å². The van der Waals surface area contributed by atoms with E-state index in [1.807, 2.05) is 83.4 Å². The summed E-state index contributed by atoms with van der Waals surface area (Å²) in [4.78, 5) is 12.5. The van der Waals surface area contributed by atoms with Crippen molar-refractivity contribution in [3.63, 3.8) is 0 Å². The quantitative estimate of drug-likeness (QED) is 0.371. The Balaban J connectivity index is 1.49. The van der Waals surface area contributed by atoms with Gasteiger partial charge in [0.15, 0.2) is 11.0 Å². The van der Waals surface area contributed by atoms with Gasteiger partial charge in [-0.25, -0.2) is 0 Å². The highest BCUT2D eigenvalue weighted by molar-refractivity contribution is 7.99. The highest BCUT2D eigenvalue weighted by atomic mass is 35.5. The third-order valence-electron chi connectivity index (χ3n) is 4.71. The minimum Gasteiger partial charge on any atom is -0.497 e. The van der Waals surface area contributed by atoms with E-state index in [1.54, 1.807) is 7.11 Å². The van der Waals surface area contributed by atoms with Crippen LogP contribution in [0.3, 0.4) is 0 Å². The number of hydrogen-bond donors (Lipinski definition) is 1. The summed E-state index contributed by atoms with van der Waals surface area (Å²) in [7, 11) is 1.62. The summed E-state index contributed by atoms with van der Waals surface area (Å²) in [6, 6.07) is 24.9. The molecule has 0 aliphatic rings. The number of carbonyl (C=O) groups excluding carboxylic acids is 1. The zero-order valence-electron chi connectivity index (χ0n) is 17.4. The lowest BCUT2D eigenvalue weighted by Crippen LogP contribution is -2.24. The highest BCUT2D eigenvalue weighted by Crippen LogP contribution is 2.28. The van der Waals surface area contributed by atoms with Gasteiger partial charge in [-0.05, 0) is 54.1 Å². The normalized spacial score (nSPS) is 10.7. The summed E-state index contributed by atoms with van der Waals surface area (Å²) in [6.45, 7) is 0.429. The van der Waals surface area contributed by atoms with Crippen molar-refractivity contribution in [3.05, 3.63) is 89.4 Å². The van der Waals surface area contributed by atoms with Crippen LogP contribution < -0.4 is 10.1 Å². The molecule has 32 heavy (non-hydrogen) atoms. The second-order valence-electron chi connectivity index (χ2n) is 6.90. The lowest BCUT2D eigenvalue weighted by molar-refractivity contribution is -0.118. The van der Waals surface area contributed by atoms with Gasteiger partial charge in [-0.3, -0.25) is 9.36 Å². The minimum absolute atomic E-state index is 0.0894. The Morgan fingerprint density at radius 2 is 1.81 bits per heavy atom. The van der Waals surface area contributed by atoms with E-state index in [-0.39, 0.29) is 11.7 Å². The monoisotopic (exact) mass is 464 g/mol. The van der Waals surface area contributed by atoms with Gasteiger partial charge < -0.3 is 10.1 Å². The number of aromatic nitrogens is 3. The maximum Gasteiger partial charge on any atom is 0.230 e. The zero-order chi connectivity index (χ0) is 22.3. The van der Waals surface area contributed by atoms with Gasteiger partial charge in [-0.1, -0.05) is 53.7 Å². The predicted molar refractivity (Wildman–Crippen MR) is 127 cm³/mol. The van der Waals surface area contributed by atoms with Crippen LogP contribution in [0.5, 0.6) is 5.75 Å². The summed E-state index contributed by atoms with van der Waals surface area (Å²) >= 11 is 7.38. The number of amides is 1. The van der Waals surface area contributed by atoms with E-state index < -0.39 is 0 Å². The molecule has 4 rings (SSSR count). The predicted octanol–water partition coefficient (Wildman–Crippen LogP) is 5.00. The molecule has 6 nitrogen and oxygen atoms in total. The van der Waals surface area contributed by atoms with Gasteiger partial charge >= 0.3 is 0 Å². The molecule has 3 aromatic carbocycles. The van der Waals surface area contributed by atoms with Crippen LogP contribution in [0, 0.1) is 0 Å². The van der Waals surface area contributed by atoms with Crippen molar-refractivity contribution < 1.29 is 9.53 Å². The van der Waals surface area contributed by atoms with Gasteiger partial charge in [-0.15, -0.1) is 10.2 Å². The minimum atomic E-state index is -0.0894. The Labute approximate surface area is 195 Å². The lowest BCUT2D eigenvalue weighted by Gasteiger charge is -2.11. The number of para-hydroxylation sites is 1. The van der Waals surface area contributed by atoms with Crippen molar-refractivity contribution in [2.75, 3.05) is 12.9 Å². The van der Waals surface area contributed by atoms with Gasteiger partial charge in [0.25, 0.3) is 0 Å². The van der Waals surface area contributed by atoms with Crippen molar-refractivity contribution in [2.45, 2.75) is 11.7 Å². The SMILES string of the molecule is COc1cccc(CNC(=O)CSc2nnc(-c3ccc(Cl)cc3)n2-c2ccccc2)c1. The molecule has 0 bridgehead atoms. The first kappa shape index (κ1) is 21.9. The summed E-state index contributed by atoms with van der Waals surface area (Å²) in [5.74, 6) is 1.58. The number of ether oxygens (including phenoxy) is 1. The fourth-order valence-corrected chi connectivity index (χ4v) is 4.03. The molecule has 0 unspecified atom stereocenters. The zero-order valence-corrected chi connectivity index (χ0v) is 18.9. The molecule has 0 radical (unpaired) electrons. The molecule has 0 fully saturated rings. The molecule has 1 aromatic heterocycles. The molecule has 1 heterocycles. The van der Waals surface area contributed by atoms with E-state index in [9.17, 15) is 4.79 Å². The molecule has 0 aliphatic carbocycles. The van der Waals surface area contributed by atoms with Gasteiger partial charge in [0.2, 0.25) is 5.91 Å². The van der Waals surface area contributed by atoms with Crippen LogP contribution in [-0.4, -0.2) is 33.5 Å². The molecule has 0 spiro atoms. The second-order valence-corrected chi connectivity index (χ2v) is 8.28. The van der Waals surface area contributed by atoms with Crippen molar-refractivity contribution >= 4 is 29.3 Å². The van der Waals surface area contributed by atoms with Crippen LogP contribution in [0.25, 0.3) is 17.1 Å². The Bertz CT molecular complexity index is 1200. The number of nitrogens with one attached hydrogen (secondary N) is 1. The third-order valence-corrected chi connectivity index (χ3v) is 5.89. The van der Waals surface area contributed by atoms with E-state index in [0.717, 1.165) is 22.6 Å². The molecule has 0 aliphatic heterocycles. The summed E-state index contributed by atoms with van der Waals surface area (Å²) < 4.78 is 7.17. The van der Waals surface area contributed by atoms with E-state index in [4.69, 9.17) is 16.3 Å². The number of hydrogen-bond acceptors (Lipinski definition) is 5. The fraction of sp³-hybridized carbons (Fsp3) is 0.125. The van der Waals surface area contributed by atoms with E-state index in [0.29, 0.717) is 22.5 Å². The molecule has 1 N–H and O–H groups in total. The molecular formula is C24H21ClN4O2S. The molecule has 162 valence electrons. The maximum atomic E-state index is 12.5. The van der Waals surface area contributed by atoms with Crippen LogP contribution in [-0.2, 0) is 11.3 Å². The first-order valence-electron chi connectivity index (χ1n) is 9.93. The van der Waals surface area contributed by atoms with E-state index >= 15 is 0 Å². The molecule has 8 heteroatoms. The van der Waals surface area contributed by atoms with E-state index in [1.165, 1.54) is 11.8 Å². The number of nitrogens with zero attached hydrogens (tertiary/aromatic N) is 3. The molecular weight excluding hydrogens is 444 g/mol. The maximum absolute atomic E-state index is 12.5. The molecule has 4 aromatic rings. The Morgan fingerprint density at radius 3 is 2.56 bits per heavy atom. The van der Waals surface area contributed by atoms with Crippen molar-refractivity contribution in [1.29, 1.82) is 0 Å². The van der Waals surface area contributed by atoms with Crippen LogP contribution in [0.1, 0.15) is 5.56 Å². The van der Waals surface area contributed by atoms with E-state index in [2.05, 4.69) is 15.5 Å².